The third-order valence-corrected chi connectivity index (χ3v) is 15.5. The Balaban J connectivity index is 4.09. The highest BCUT2D eigenvalue weighted by Gasteiger charge is 2.24. The summed E-state index contributed by atoms with van der Waals surface area (Å²) >= 11 is 0. The van der Waals surface area contributed by atoms with Crippen molar-refractivity contribution in [3.63, 3.8) is 0 Å². The van der Waals surface area contributed by atoms with E-state index >= 15 is 0 Å². The van der Waals surface area contributed by atoms with E-state index in [4.69, 9.17) is 9.05 Å². The Kier molecular flexibility index (Phi) is 55.0. The van der Waals surface area contributed by atoms with Crippen LogP contribution in [0.5, 0.6) is 0 Å². The van der Waals surface area contributed by atoms with Crippen LogP contribution in [0.2, 0.25) is 0 Å². The molecule has 0 aliphatic rings. The summed E-state index contributed by atoms with van der Waals surface area (Å²) in [4.78, 5) is 25.6. The number of phosphoric ester groups is 1. The molecule has 0 bridgehead atoms. The largest absolute Gasteiger partial charge is 0.756 e. The Morgan fingerprint density at radius 3 is 1.20 bits per heavy atom. The van der Waals surface area contributed by atoms with Crippen LogP contribution >= 0.6 is 7.82 Å². The van der Waals surface area contributed by atoms with E-state index in [9.17, 15) is 19.4 Å². The molecule has 0 aliphatic heterocycles. The molecule has 9 heteroatoms. The Morgan fingerprint density at radius 1 is 0.486 bits per heavy atom. The molecule has 0 radical (unpaired) electrons. The van der Waals surface area contributed by atoms with Crippen molar-refractivity contribution < 1.29 is 32.9 Å². The van der Waals surface area contributed by atoms with Crippen molar-refractivity contribution >= 4 is 13.7 Å². The van der Waals surface area contributed by atoms with E-state index in [2.05, 4.69) is 67.8 Å². The van der Waals surface area contributed by atoms with Gasteiger partial charge in [-0.05, 0) is 51.4 Å². The first-order valence-corrected chi connectivity index (χ1v) is 33.4. The second-order valence-electron chi connectivity index (χ2n) is 23.1. The predicted molar refractivity (Wildman–Crippen MR) is 321 cm³/mol. The summed E-state index contributed by atoms with van der Waals surface area (Å²) in [6.45, 7) is 4.65. The van der Waals surface area contributed by atoms with Gasteiger partial charge in [-0.25, -0.2) is 0 Å². The smallest absolute Gasteiger partial charge is 0.268 e. The van der Waals surface area contributed by atoms with Gasteiger partial charge < -0.3 is 28.8 Å². The number of nitrogens with one attached hydrogen (secondary N) is 1. The fourth-order valence-electron chi connectivity index (χ4n) is 9.62. The molecule has 3 atom stereocenters. The average Bonchev–Trinajstić information content (AvgIpc) is 3.36. The Bertz CT molecular complexity index is 1340. The van der Waals surface area contributed by atoms with Gasteiger partial charge in [0.2, 0.25) is 5.91 Å². The molecule has 8 nitrogen and oxygen atoms in total. The van der Waals surface area contributed by atoms with Gasteiger partial charge in [-0.1, -0.05) is 300 Å². The molecule has 0 aliphatic carbocycles. The molecule has 0 spiro atoms. The second kappa shape index (κ2) is 56.2. The third kappa shape index (κ3) is 58.1. The molecule has 0 fully saturated rings. The van der Waals surface area contributed by atoms with Crippen LogP contribution in [-0.2, 0) is 18.4 Å². The number of phosphoric acid groups is 1. The summed E-state index contributed by atoms with van der Waals surface area (Å²) in [5, 5.41) is 14.1. The molecule has 2 N–H and O–H groups in total. The second-order valence-corrected chi connectivity index (χ2v) is 24.5. The highest BCUT2D eigenvalue weighted by molar-refractivity contribution is 7.45. The first-order valence-electron chi connectivity index (χ1n) is 32.0. The third-order valence-electron chi connectivity index (χ3n) is 14.6. The predicted octanol–water partition coefficient (Wildman–Crippen LogP) is 19.2. The van der Waals surface area contributed by atoms with Crippen molar-refractivity contribution in [3.05, 3.63) is 48.6 Å². The number of carbonyl (C=O) groups is 1. The van der Waals surface area contributed by atoms with Gasteiger partial charge in [0.05, 0.1) is 39.9 Å². The van der Waals surface area contributed by atoms with Gasteiger partial charge in [-0.3, -0.25) is 9.36 Å². The normalized spacial score (nSPS) is 14.1. The van der Waals surface area contributed by atoms with E-state index in [1.165, 1.54) is 218 Å². The average molecular weight is 1060 g/mol. The van der Waals surface area contributed by atoms with Crippen LogP contribution < -0.4 is 10.2 Å². The molecule has 0 heterocycles. The van der Waals surface area contributed by atoms with Crippen molar-refractivity contribution in [1.82, 2.24) is 5.32 Å². The van der Waals surface area contributed by atoms with Crippen molar-refractivity contribution in [1.29, 1.82) is 0 Å². The molecule has 0 aromatic heterocycles. The lowest BCUT2D eigenvalue weighted by atomic mass is 10.0. The number of hydrogen-bond donors (Lipinski definition) is 2. The highest BCUT2D eigenvalue weighted by atomic mass is 31.2. The number of likely N-dealkylation sites (N-methyl/N-ethyl adjacent to an activating group) is 1. The standard InChI is InChI=1S/C65H125N2O6P/c1-6-8-10-12-14-16-18-20-22-24-26-28-30-32-33-35-36-38-40-42-44-46-48-50-52-54-56-58-64(68)63(62-73-74(70,71)72-61-60-67(3,4)5)66-65(69)59-57-55-53-51-49-47-45-43-41-39-37-34-31-29-27-25-23-21-19-17-15-13-11-9-7-2/h9,11,15,17,21,23,27,29,63-64,68H,6-8,10,12-14,16,18-20,22,24-26,28,30-62H2,1-5H3,(H-,66,69,70,71)/b11-9-,17-15-,23-21-,29-27-. The van der Waals surface area contributed by atoms with Crippen LogP contribution in [0.15, 0.2) is 48.6 Å². The highest BCUT2D eigenvalue weighted by Crippen LogP contribution is 2.38. The number of allylic oxidation sites excluding steroid dienone is 8. The SMILES string of the molecule is CC/C=C\C/C=C\C/C=C\C/C=C\CCCCCCCCCCCCCCC(=O)NC(COP(=O)([O-])OCC[N+](C)(C)C)C(O)CCCCCCCCCCCCCCCCCCCCCCCCCCCCC. The van der Waals surface area contributed by atoms with E-state index in [1.807, 2.05) is 21.1 Å². The lowest BCUT2D eigenvalue weighted by Crippen LogP contribution is -2.46. The lowest BCUT2D eigenvalue weighted by molar-refractivity contribution is -0.870. The fraction of sp³-hybridized carbons (Fsp3) is 0.862. The summed E-state index contributed by atoms with van der Waals surface area (Å²) in [6.07, 6.45) is 74.5. The van der Waals surface area contributed by atoms with Gasteiger partial charge in [0.25, 0.3) is 7.82 Å². The Hall–Kier alpha value is -1.54. The summed E-state index contributed by atoms with van der Waals surface area (Å²) in [6, 6.07) is -0.804. The van der Waals surface area contributed by atoms with E-state index < -0.39 is 20.0 Å². The minimum Gasteiger partial charge on any atom is -0.756 e. The van der Waals surface area contributed by atoms with E-state index in [-0.39, 0.29) is 19.1 Å². The van der Waals surface area contributed by atoms with Crippen LogP contribution in [0, 0.1) is 0 Å². The molecular weight excluding hydrogens is 936 g/mol. The van der Waals surface area contributed by atoms with Crippen molar-refractivity contribution in [2.45, 2.75) is 321 Å². The number of unbranched alkanes of at least 4 members (excludes halogenated alkanes) is 38. The summed E-state index contributed by atoms with van der Waals surface area (Å²) in [7, 11) is 1.31. The molecule has 0 aromatic rings. The maximum atomic E-state index is 13.0. The zero-order chi connectivity index (χ0) is 54.2. The van der Waals surface area contributed by atoms with Crippen molar-refractivity contribution in [2.24, 2.45) is 0 Å². The Morgan fingerprint density at radius 2 is 0.824 bits per heavy atom. The van der Waals surface area contributed by atoms with Gasteiger partial charge in [0.15, 0.2) is 0 Å². The quantitative estimate of drug-likeness (QED) is 0.0272. The maximum absolute atomic E-state index is 13.0. The maximum Gasteiger partial charge on any atom is 0.268 e. The molecule has 1 amide bonds. The van der Waals surface area contributed by atoms with Crippen LogP contribution in [0.4, 0.5) is 0 Å². The monoisotopic (exact) mass is 1060 g/mol. The summed E-state index contributed by atoms with van der Waals surface area (Å²) < 4.78 is 23.5. The number of aliphatic hydroxyl groups is 1. The van der Waals surface area contributed by atoms with Gasteiger partial charge in [0.1, 0.15) is 13.2 Å². The van der Waals surface area contributed by atoms with Crippen LogP contribution in [0.3, 0.4) is 0 Å². The number of aliphatic hydroxyl groups excluding tert-OH is 1. The molecular formula is C65H125N2O6P. The summed E-state index contributed by atoms with van der Waals surface area (Å²) in [5.41, 5.74) is 0. The number of hydrogen-bond acceptors (Lipinski definition) is 6. The number of rotatable bonds is 59. The number of carbonyl (C=O) groups excluding carboxylic acids is 1. The van der Waals surface area contributed by atoms with Crippen molar-refractivity contribution in [3.8, 4) is 0 Å². The lowest BCUT2D eigenvalue weighted by Gasteiger charge is -2.30. The zero-order valence-corrected chi connectivity index (χ0v) is 50.7. The van der Waals surface area contributed by atoms with Crippen LogP contribution in [0.1, 0.15) is 309 Å². The zero-order valence-electron chi connectivity index (χ0n) is 49.8. The van der Waals surface area contributed by atoms with Crippen molar-refractivity contribution in [2.75, 3.05) is 40.9 Å². The molecule has 0 aromatic carbocycles. The number of nitrogens with zero attached hydrogens (tertiary/aromatic N) is 1. The first-order chi connectivity index (χ1) is 36.0. The molecule has 436 valence electrons. The Labute approximate surface area is 460 Å². The van der Waals surface area contributed by atoms with Gasteiger partial charge in [-0.2, -0.15) is 0 Å². The topological polar surface area (TPSA) is 108 Å². The summed E-state index contributed by atoms with van der Waals surface area (Å²) in [5.74, 6) is -0.164. The molecule has 0 saturated carbocycles. The van der Waals surface area contributed by atoms with Crippen LogP contribution in [0.25, 0.3) is 0 Å². The molecule has 0 saturated heterocycles. The fourth-order valence-corrected chi connectivity index (χ4v) is 10.3. The van der Waals surface area contributed by atoms with E-state index in [0.717, 1.165) is 64.2 Å². The first kappa shape index (κ1) is 72.5. The molecule has 3 unspecified atom stereocenters. The van der Waals surface area contributed by atoms with Gasteiger partial charge in [-0.15, -0.1) is 0 Å². The molecule has 74 heavy (non-hydrogen) atoms. The van der Waals surface area contributed by atoms with Crippen LogP contribution in [-0.4, -0.2) is 68.5 Å². The minimum atomic E-state index is -4.58. The minimum absolute atomic E-state index is 0.0116. The van der Waals surface area contributed by atoms with Gasteiger partial charge >= 0.3 is 0 Å². The number of amides is 1. The van der Waals surface area contributed by atoms with E-state index in [1.54, 1.807) is 0 Å². The number of quaternary nitrogens is 1. The molecule has 0 rings (SSSR count). The van der Waals surface area contributed by atoms with E-state index in [0.29, 0.717) is 23.9 Å². The van der Waals surface area contributed by atoms with Gasteiger partial charge in [0, 0.05) is 6.42 Å².